The first kappa shape index (κ1) is 19.4. The van der Waals surface area contributed by atoms with Gasteiger partial charge in [-0.3, -0.25) is 0 Å². The average Bonchev–Trinajstić information content (AvgIpc) is 3.22. The lowest BCUT2D eigenvalue weighted by Gasteiger charge is -2.08. The number of pyridine rings is 1. The van der Waals surface area contributed by atoms with E-state index in [2.05, 4.69) is 35.6 Å². The highest BCUT2D eigenvalue weighted by Crippen LogP contribution is 2.24. The van der Waals surface area contributed by atoms with Crippen LogP contribution in [0.25, 0.3) is 11.5 Å². The van der Waals surface area contributed by atoms with Gasteiger partial charge in [0.25, 0.3) is 0 Å². The summed E-state index contributed by atoms with van der Waals surface area (Å²) in [7, 11) is 1.35. The van der Waals surface area contributed by atoms with Crippen molar-refractivity contribution in [1.29, 1.82) is 0 Å². The molecule has 0 atom stereocenters. The standard InChI is InChI=1S/C20H17N7O2S/c1-12-4-3-5-14(23-12)18-21-8-6-15(25-18)24-16-7-9-22-20(26-16)27-17-10-13(11-30-17)19(28)29-2/h3-11H,1-2H3,(H2,21,22,24,25,26,27). The number of hydrogen-bond acceptors (Lipinski definition) is 10. The Kier molecular flexibility index (Phi) is 5.57. The van der Waals surface area contributed by atoms with E-state index in [0.717, 1.165) is 10.7 Å². The fourth-order valence-electron chi connectivity index (χ4n) is 2.58. The zero-order chi connectivity index (χ0) is 20.9. The van der Waals surface area contributed by atoms with Crippen LogP contribution in [0.1, 0.15) is 16.1 Å². The summed E-state index contributed by atoms with van der Waals surface area (Å²) in [6.45, 7) is 1.92. The molecule has 0 aliphatic carbocycles. The molecule has 4 aromatic rings. The Labute approximate surface area is 176 Å². The number of thiophene rings is 1. The van der Waals surface area contributed by atoms with Gasteiger partial charge in [0.1, 0.15) is 17.3 Å². The first-order valence-electron chi connectivity index (χ1n) is 8.92. The van der Waals surface area contributed by atoms with E-state index >= 15 is 0 Å². The lowest BCUT2D eigenvalue weighted by molar-refractivity contribution is 0.0601. The number of methoxy groups -OCH3 is 1. The molecule has 0 aliphatic rings. The molecule has 0 spiro atoms. The van der Waals surface area contributed by atoms with Gasteiger partial charge in [0.05, 0.1) is 17.7 Å². The predicted molar refractivity (Wildman–Crippen MR) is 114 cm³/mol. The SMILES string of the molecule is COC(=O)c1csc(Nc2nccc(Nc3ccnc(-c4cccc(C)n4)n3)n2)c1. The van der Waals surface area contributed by atoms with Gasteiger partial charge >= 0.3 is 5.97 Å². The van der Waals surface area contributed by atoms with Gasteiger partial charge in [0.2, 0.25) is 5.95 Å². The van der Waals surface area contributed by atoms with Crippen molar-refractivity contribution in [3.05, 3.63) is 65.4 Å². The molecule has 0 bridgehead atoms. The molecular weight excluding hydrogens is 402 g/mol. The third-order valence-corrected chi connectivity index (χ3v) is 4.79. The zero-order valence-corrected chi connectivity index (χ0v) is 17.0. The molecule has 30 heavy (non-hydrogen) atoms. The molecule has 9 nitrogen and oxygen atoms in total. The van der Waals surface area contributed by atoms with Gasteiger partial charge in [-0.1, -0.05) is 6.07 Å². The molecule has 4 rings (SSSR count). The summed E-state index contributed by atoms with van der Waals surface area (Å²) in [5, 5.41) is 8.66. The van der Waals surface area contributed by atoms with Crippen molar-refractivity contribution in [2.45, 2.75) is 6.92 Å². The summed E-state index contributed by atoms with van der Waals surface area (Å²) < 4.78 is 4.72. The largest absolute Gasteiger partial charge is 0.465 e. The molecule has 4 aromatic heterocycles. The van der Waals surface area contributed by atoms with Crippen molar-refractivity contribution in [2.24, 2.45) is 0 Å². The van der Waals surface area contributed by atoms with Crippen molar-refractivity contribution < 1.29 is 9.53 Å². The van der Waals surface area contributed by atoms with Crippen molar-refractivity contribution in [3.8, 4) is 11.5 Å². The van der Waals surface area contributed by atoms with Crippen LogP contribution < -0.4 is 10.6 Å². The normalized spacial score (nSPS) is 10.5. The molecule has 0 unspecified atom stereocenters. The van der Waals surface area contributed by atoms with Crippen LogP contribution in [-0.2, 0) is 4.74 Å². The van der Waals surface area contributed by atoms with Crippen molar-refractivity contribution >= 4 is 39.9 Å². The third-order valence-electron chi connectivity index (χ3n) is 3.94. The Morgan fingerprint density at radius 2 is 1.80 bits per heavy atom. The maximum absolute atomic E-state index is 11.6. The summed E-state index contributed by atoms with van der Waals surface area (Å²) in [4.78, 5) is 33.5. The van der Waals surface area contributed by atoms with E-state index in [9.17, 15) is 4.79 Å². The van der Waals surface area contributed by atoms with E-state index in [4.69, 9.17) is 4.74 Å². The average molecular weight is 419 g/mol. The Morgan fingerprint density at radius 1 is 1.00 bits per heavy atom. The summed E-state index contributed by atoms with van der Waals surface area (Å²) in [5.74, 6) is 1.65. The Hall–Kier alpha value is -3.92. The summed E-state index contributed by atoms with van der Waals surface area (Å²) in [5.41, 5.74) is 2.06. The first-order chi connectivity index (χ1) is 14.6. The molecular formula is C20H17N7O2S. The fourth-order valence-corrected chi connectivity index (χ4v) is 3.34. The van der Waals surface area contributed by atoms with Crippen molar-refractivity contribution in [1.82, 2.24) is 24.9 Å². The molecule has 4 heterocycles. The van der Waals surface area contributed by atoms with E-state index < -0.39 is 5.97 Å². The van der Waals surface area contributed by atoms with E-state index in [1.54, 1.807) is 36.0 Å². The van der Waals surface area contributed by atoms with E-state index in [-0.39, 0.29) is 0 Å². The van der Waals surface area contributed by atoms with Crippen molar-refractivity contribution in [3.63, 3.8) is 0 Å². The van der Waals surface area contributed by atoms with Crippen LogP contribution in [0.3, 0.4) is 0 Å². The second kappa shape index (κ2) is 8.62. The second-order valence-corrected chi connectivity index (χ2v) is 7.05. The molecule has 10 heteroatoms. The number of esters is 1. The molecule has 0 aromatic carbocycles. The van der Waals surface area contributed by atoms with Crippen LogP contribution in [0.4, 0.5) is 22.6 Å². The zero-order valence-electron chi connectivity index (χ0n) is 16.2. The van der Waals surface area contributed by atoms with Gasteiger partial charge in [-0.15, -0.1) is 11.3 Å². The monoisotopic (exact) mass is 419 g/mol. The minimum absolute atomic E-state index is 0.382. The highest BCUT2D eigenvalue weighted by Gasteiger charge is 2.10. The van der Waals surface area contributed by atoms with Gasteiger partial charge in [-0.05, 0) is 37.3 Å². The molecule has 0 saturated carbocycles. The summed E-state index contributed by atoms with van der Waals surface area (Å²) in [6.07, 6.45) is 3.28. The third kappa shape index (κ3) is 4.55. The fraction of sp³-hybridized carbons (Fsp3) is 0.100. The highest BCUT2D eigenvalue weighted by atomic mass is 32.1. The number of nitrogens with one attached hydrogen (secondary N) is 2. The number of carbonyl (C=O) groups excluding carboxylic acids is 1. The number of hydrogen-bond donors (Lipinski definition) is 2. The van der Waals surface area contributed by atoms with Gasteiger partial charge < -0.3 is 15.4 Å². The minimum Gasteiger partial charge on any atom is -0.465 e. The lowest BCUT2D eigenvalue weighted by atomic mass is 10.3. The number of nitrogens with zero attached hydrogens (tertiary/aromatic N) is 5. The Bertz CT molecular complexity index is 1200. The van der Waals surface area contributed by atoms with E-state index in [1.165, 1.54) is 18.4 Å². The van der Waals surface area contributed by atoms with Crippen molar-refractivity contribution in [2.75, 3.05) is 17.7 Å². The second-order valence-electron chi connectivity index (χ2n) is 6.14. The van der Waals surface area contributed by atoms with Crippen LogP contribution in [0.15, 0.2) is 54.2 Å². The Balaban J connectivity index is 1.50. The predicted octanol–water partition coefficient (Wildman–Crippen LogP) is 3.97. The maximum atomic E-state index is 11.6. The molecule has 0 saturated heterocycles. The Morgan fingerprint density at radius 3 is 2.60 bits per heavy atom. The number of aromatic nitrogens is 5. The minimum atomic E-state index is -0.390. The highest BCUT2D eigenvalue weighted by molar-refractivity contribution is 7.14. The molecule has 0 aliphatic heterocycles. The van der Waals surface area contributed by atoms with Gasteiger partial charge in [0, 0.05) is 23.5 Å². The van der Waals surface area contributed by atoms with Crippen LogP contribution in [-0.4, -0.2) is 38.0 Å². The van der Waals surface area contributed by atoms with Crippen LogP contribution in [0.2, 0.25) is 0 Å². The summed E-state index contributed by atoms with van der Waals surface area (Å²) >= 11 is 1.36. The van der Waals surface area contributed by atoms with Gasteiger partial charge in [-0.2, -0.15) is 4.98 Å². The number of carbonyl (C=O) groups is 1. The first-order valence-corrected chi connectivity index (χ1v) is 9.80. The number of rotatable bonds is 6. The molecule has 0 amide bonds. The van der Waals surface area contributed by atoms with Crippen LogP contribution in [0, 0.1) is 6.92 Å². The smallest absolute Gasteiger partial charge is 0.338 e. The number of aryl methyl sites for hydroxylation is 1. The lowest BCUT2D eigenvalue weighted by Crippen LogP contribution is -2.02. The molecule has 150 valence electrons. The molecule has 0 fully saturated rings. The molecule has 2 N–H and O–H groups in total. The number of ether oxygens (including phenoxy) is 1. The quantitative estimate of drug-likeness (QED) is 0.448. The topological polar surface area (TPSA) is 115 Å². The van der Waals surface area contributed by atoms with Gasteiger partial charge in [-0.25, -0.2) is 24.7 Å². The van der Waals surface area contributed by atoms with E-state index in [1.807, 2.05) is 25.1 Å². The number of anilines is 4. The van der Waals surface area contributed by atoms with Crippen LogP contribution in [0.5, 0.6) is 0 Å². The molecule has 0 radical (unpaired) electrons. The van der Waals surface area contributed by atoms with Gasteiger partial charge in [0.15, 0.2) is 5.82 Å². The summed E-state index contributed by atoms with van der Waals surface area (Å²) in [6, 6.07) is 10.9. The van der Waals surface area contributed by atoms with E-state index in [0.29, 0.717) is 34.7 Å². The van der Waals surface area contributed by atoms with Crippen LogP contribution >= 0.6 is 11.3 Å². The maximum Gasteiger partial charge on any atom is 0.338 e.